The lowest BCUT2D eigenvalue weighted by Gasteiger charge is -2.45. The molecule has 1 aromatic heterocycles. The molecule has 0 bridgehead atoms. The lowest BCUT2D eigenvalue weighted by Crippen LogP contribution is -2.55. The van der Waals surface area contributed by atoms with E-state index in [9.17, 15) is 4.79 Å². The number of aromatic nitrogens is 2. The van der Waals surface area contributed by atoms with Crippen molar-refractivity contribution in [1.82, 2.24) is 19.8 Å². The molecule has 0 spiro atoms. The molecule has 9 nitrogen and oxygen atoms in total. The topological polar surface area (TPSA) is 91.1 Å². The fourth-order valence-corrected chi connectivity index (χ4v) is 5.94. The van der Waals surface area contributed by atoms with Gasteiger partial charge in [0.05, 0.1) is 12.1 Å². The molecule has 38 heavy (non-hydrogen) atoms. The van der Waals surface area contributed by atoms with Crippen molar-refractivity contribution in [3.8, 4) is 11.5 Å². The highest BCUT2D eigenvalue weighted by Gasteiger charge is 2.40. The molecule has 3 heterocycles. The molecule has 2 aliphatic heterocycles. The van der Waals surface area contributed by atoms with E-state index in [4.69, 9.17) is 10.5 Å². The first-order valence-electron chi connectivity index (χ1n) is 13.5. The smallest absolute Gasteiger partial charge is 0.330 e. The highest BCUT2D eigenvalue weighted by Crippen LogP contribution is 2.38. The summed E-state index contributed by atoms with van der Waals surface area (Å²) >= 11 is 0. The molecular formula is C29H35N7O2. The van der Waals surface area contributed by atoms with Crippen molar-refractivity contribution < 1.29 is 9.53 Å². The fourth-order valence-electron chi connectivity index (χ4n) is 5.94. The van der Waals surface area contributed by atoms with Crippen LogP contribution in [0.3, 0.4) is 0 Å². The summed E-state index contributed by atoms with van der Waals surface area (Å²) in [6, 6.07) is 17.9. The number of benzene rings is 2. The number of rotatable bonds is 5. The van der Waals surface area contributed by atoms with E-state index in [1.165, 1.54) is 6.33 Å². The number of amides is 2. The van der Waals surface area contributed by atoms with Gasteiger partial charge in [-0.1, -0.05) is 18.2 Å². The number of fused-ring (bicyclic) bond motifs is 1. The molecule has 198 valence electrons. The SMILES string of the molecule is CN1CCN([C@H]2CC[C@@H](N3C(=O)N(c4ccc(Oc5ccccc5)cc4)Cc4c(N)ncnc43)CC2)CC1. The van der Waals surface area contributed by atoms with Gasteiger partial charge in [0.2, 0.25) is 0 Å². The van der Waals surface area contributed by atoms with Crippen LogP contribution in [0.4, 0.5) is 22.1 Å². The third-order valence-electron chi connectivity index (χ3n) is 8.15. The van der Waals surface area contributed by atoms with Crippen LogP contribution in [0.15, 0.2) is 60.9 Å². The van der Waals surface area contributed by atoms with Crippen LogP contribution in [-0.2, 0) is 6.54 Å². The third kappa shape index (κ3) is 4.91. The number of nitrogens with two attached hydrogens (primary N) is 1. The van der Waals surface area contributed by atoms with E-state index >= 15 is 0 Å². The number of hydrogen-bond acceptors (Lipinski definition) is 7. The van der Waals surface area contributed by atoms with Gasteiger partial charge < -0.3 is 15.4 Å². The van der Waals surface area contributed by atoms with Crippen molar-refractivity contribution in [2.45, 2.75) is 44.3 Å². The Kier molecular flexibility index (Phi) is 6.86. The molecule has 2 amide bonds. The second-order valence-corrected chi connectivity index (χ2v) is 10.5. The summed E-state index contributed by atoms with van der Waals surface area (Å²) in [6.45, 7) is 4.83. The minimum atomic E-state index is -0.0598. The lowest BCUT2D eigenvalue weighted by atomic mass is 9.88. The van der Waals surface area contributed by atoms with E-state index in [0.717, 1.165) is 68.9 Å². The molecule has 6 rings (SSSR count). The van der Waals surface area contributed by atoms with E-state index in [2.05, 4.69) is 26.8 Å². The summed E-state index contributed by atoms with van der Waals surface area (Å²) in [5.41, 5.74) is 7.91. The maximum atomic E-state index is 14.0. The van der Waals surface area contributed by atoms with Gasteiger partial charge >= 0.3 is 6.03 Å². The average molecular weight is 514 g/mol. The number of carbonyl (C=O) groups excluding carboxylic acids is 1. The molecule has 0 unspecified atom stereocenters. The fraction of sp³-hybridized carbons (Fsp3) is 0.414. The number of para-hydroxylation sites is 1. The van der Waals surface area contributed by atoms with Gasteiger partial charge in [-0.05, 0) is 69.1 Å². The first-order valence-corrected chi connectivity index (χ1v) is 13.5. The predicted octanol–water partition coefficient (Wildman–Crippen LogP) is 4.36. The van der Waals surface area contributed by atoms with Crippen LogP contribution in [0, 0.1) is 0 Å². The highest BCUT2D eigenvalue weighted by atomic mass is 16.5. The molecule has 0 radical (unpaired) electrons. The normalized spacial score (nSPS) is 22.8. The van der Waals surface area contributed by atoms with Crippen LogP contribution in [0.5, 0.6) is 11.5 Å². The molecule has 2 fully saturated rings. The van der Waals surface area contributed by atoms with Gasteiger partial charge in [-0.2, -0.15) is 0 Å². The van der Waals surface area contributed by atoms with E-state index < -0.39 is 0 Å². The number of nitrogen functional groups attached to an aromatic ring is 1. The second-order valence-electron chi connectivity index (χ2n) is 10.5. The van der Waals surface area contributed by atoms with Crippen molar-refractivity contribution in [1.29, 1.82) is 0 Å². The van der Waals surface area contributed by atoms with Crippen molar-refractivity contribution in [2.75, 3.05) is 48.8 Å². The average Bonchev–Trinajstić information content (AvgIpc) is 2.95. The molecular weight excluding hydrogens is 478 g/mol. The molecule has 1 saturated carbocycles. The first-order chi connectivity index (χ1) is 18.6. The Labute approximate surface area is 223 Å². The largest absolute Gasteiger partial charge is 0.457 e. The van der Waals surface area contributed by atoms with Gasteiger partial charge in [-0.3, -0.25) is 14.7 Å². The Morgan fingerprint density at radius 1 is 0.842 bits per heavy atom. The maximum Gasteiger partial charge on any atom is 0.330 e. The van der Waals surface area contributed by atoms with Crippen LogP contribution in [0.25, 0.3) is 0 Å². The van der Waals surface area contributed by atoms with E-state index in [0.29, 0.717) is 30.0 Å². The van der Waals surface area contributed by atoms with Crippen molar-refractivity contribution in [2.24, 2.45) is 0 Å². The lowest BCUT2D eigenvalue weighted by molar-refractivity contribution is 0.0878. The van der Waals surface area contributed by atoms with Crippen LogP contribution in [-0.4, -0.2) is 71.1 Å². The molecule has 1 aliphatic carbocycles. The van der Waals surface area contributed by atoms with Gasteiger partial charge in [0, 0.05) is 44.0 Å². The Balaban J connectivity index is 1.21. The number of nitrogens with zero attached hydrogens (tertiary/aromatic N) is 6. The zero-order valence-electron chi connectivity index (χ0n) is 21.9. The van der Waals surface area contributed by atoms with E-state index in [-0.39, 0.29) is 12.1 Å². The second kappa shape index (κ2) is 10.6. The van der Waals surface area contributed by atoms with Gasteiger partial charge in [-0.15, -0.1) is 0 Å². The highest BCUT2D eigenvalue weighted by molar-refractivity contribution is 6.06. The Morgan fingerprint density at radius 2 is 1.50 bits per heavy atom. The van der Waals surface area contributed by atoms with E-state index in [1.54, 1.807) is 4.90 Å². The van der Waals surface area contributed by atoms with Crippen molar-refractivity contribution in [3.05, 3.63) is 66.5 Å². The number of ether oxygens (including phenoxy) is 1. The molecule has 2 N–H and O–H groups in total. The van der Waals surface area contributed by atoms with Crippen molar-refractivity contribution in [3.63, 3.8) is 0 Å². The standard InChI is InChI=1S/C29H35N7O2/c1-33-15-17-34(18-16-33)21-7-9-23(10-8-21)36-28-26(27(30)31-20-32-28)19-35(29(36)37)22-11-13-25(14-12-22)38-24-5-3-2-4-6-24/h2-6,11-14,20-21,23H,7-10,15-19H2,1H3,(H2,30,31,32)/t21-,23+. The van der Waals surface area contributed by atoms with Crippen LogP contribution >= 0.6 is 0 Å². The summed E-state index contributed by atoms with van der Waals surface area (Å²) in [5, 5.41) is 0. The summed E-state index contributed by atoms with van der Waals surface area (Å²) in [7, 11) is 2.19. The number of carbonyl (C=O) groups is 1. The number of anilines is 3. The molecule has 3 aliphatic rings. The van der Waals surface area contributed by atoms with Crippen LogP contribution < -0.4 is 20.3 Å². The Hall–Kier alpha value is -3.69. The van der Waals surface area contributed by atoms with E-state index in [1.807, 2.05) is 59.5 Å². The van der Waals surface area contributed by atoms with Crippen molar-refractivity contribution >= 4 is 23.4 Å². The van der Waals surface area contributed by atoms with Gasteiger partial charge in [-0.25, -0.2) is 14.8 Å². The molecule has 9 heteroatoms. The van der Waals surface area contributed by atoms with Gasteiger partial charge in [0.15, 0.2) is 0 Å². The molecule has 2 aromatic carbocycles. The monoisotopic (exact) mass is 513 g/mol. The number of urea groups is 1. The van der Waals surface area contributed by atoms with Gasteiger partial charge in [0.1, 0.15) is 29.5 Å². The Morgan fingerprint density at radius 3 is 2.21 bits per heavy atom. The molecule has 0 atom stereocenters. The number of likely N-dealkylation sites (N-methyl/N-ethyl adjacent to an activating group) is 1. The maximum absolute atomic E-state index is 14.0. The molecule has 1 saturated heterocycles. The Bertz CT molecular complexity index is 1250. The molecule has 3 aromatic rings. The minimum absolute atomic E-state index is 0.0598. The quantitative estimate of drug-likeness (QED) is 0.542. The van der Waals surface area contributed by atoms with Gasteiger partial charge in [0.25, 0.3) is 0 Å². The zero-order valence-corrected chi connectivity index (χ0v) is 21.9. The third-order valence-corrected chi connectivity index (χ3v) is 8.15. The van der Waals surface area contributed by atoms with Crippen LogP contribution in [0.1, 0.15) is 31.2 Å². The summed E-state index contributed by atoms with van der Waals surface area (Å²) in [5.74, 6) is 2.57. The zero-order chi connectivity index (χ0) is 26.1. The first kappa shape index (κ1) is 24.6. The minimum Gasteiger partial charge on any atom is -0.457 e. The predicted molar refractivity (Wildman–Crippen MR) is 149 cm³/mol. The number of hydrogen-bond donors (Lipinski definition) is 1. The number of piperazine rings is 1. The summed E-state index contributed by atoms with van der Waals surface area (Å²) in [4.78, 5) is 31.5. The summed E-state index contributed by atoms with van der Waals surface area (Å²) in [6.07, 6.45) is 5.53. The van der Waals surface area contributed by atoms with Crippen LogP contribution in [0.2, 0.25) is 0 Å². The summed E-state index contributed by atoms with van der Waals surface area (Å²) < 4.78 is 5.94.